The van der Waals surface area contributed by atoms with E-state index < -0.39 is 0 Å². The maximum atomic E-state index is 15.9. The second kappa shape index (κ2) is 33.4. The van der Waals surface area contributed by atoms with Crippen molar-refractivity contribution in [3.63, 3.8) is 0 Å². The van der Waals surface area contributed by atoms with Gasteiger partial charge >= 0.3 is 0 Å². The van der Waals surface area contributed by atoms with E-state index in [9.17, 15) is 0 Å². The average Bonchev–Trinajstić information content (AvgIpc) is 4.26. The second-order valence-electron chi connectivity index (χ2n) is 21.2. The lowest BCUT2D eigenvalue weighted by Gasteiger charge is -2.29. The number of hydrogen-bond acceptors (Lipinski definition) is 6. The molecule has 6 heterocycles. The molecule has 2 amide bonds. The van der Waals surface area contributed by atoms with Crippen molar-refractivity contribution in [2.24, 2.45) is 11.8 Å². The third-order valence-electron chi connectivity index (χ3n) is 15.2. The molecule has 0 aliphatic carbocycles. The number of unbranched alkanes of at least 4 members (excludes halogenated alkanes) is 24. The van der Waals surface area contributed by atoms with Gasteiger partial charge in [-0.25, -0.2) is 0 Å². The summed E-state index contributed by atoms with van der Waals surface area (Å²) in [7, 11) is 0. The molecule has 0 radical (unpaired) electrons. The lowest BCUT2D eigenvalue weighted by molar-refractivity contribution is -0.124. The van der Waals surface area contributed by atoms with E-state index in [-0.39, 0.29) is 11.8 Å². The van der Waals surface area contributed by atoms with Gasteiger partial charge in [0.25, 0.3) is 11.8 Å². The molecule has 10 heteroatoms. The Balaban J connectivity index is 1.37. The van der Waals surface area contributed by atoms with Crippen molar-refractivity contribution in [2.75, 3.05) is 13.1 Å². The van der Waals surface area contributed by atoms with Gasteiger partial charge in [0.15, 0.2) is 0 Å². The summed E-state index contributed by atoms with van der Waals surface area (Å²) in [6, 6.07) is 17.5. The highest BCUT2D eigenvalue weighted by molar-refractivity contribution is 9.11. The molecular formula is C62H90Br2N2O2S4. The van der Waals surface area contributed by atoms with Crippen LogP contribution < -0.4 is 0 Å². The van der Waals surface area contributed by atoms with E-state index in [0.717, 1.165) is 54.4 Å². The third-order valence-corrected chi connectivity index (χ3v) is 21.1. The quantitative estimate of drug-likeness (QED) is 0.0417. The molecule has 0 saturated carbocycles. The Labute approximate surface area is 470 Å². The van der Waals surface area contributed by atoms with Crippen molar-refractivity contribution in [1.82, 2.24) is 9.80 Å². The number of carbonyl (C=O) groups is 2. The van der Waals surface area contributed by atoms with Crippen LogP contribution >= 0.6 is 77.2 Å². The molecule has 398 valence electrons. The number of thiophene rings is 4. The maximum absolute atomic E-state index is 15.9. The normalized spacial score (nSPS) is 14.8. The Morgan fingerprint density at radius 3 is 0.875 bits per heavy atom. The van der Waals surface area contributed by atoms with Gasteiger partial charge in [-0.05, 0) is 118 Å². The van der Waals surface area contributed by atoms with E-state index >= 15 is 9.59 Å². The molecule has 0 aromatic carbocycles. The summed E-state index contributed by atoms with van der Waals surface area (Å²) >= 11 is 14.4. The Kier molecular flexibility index (Phi) is 27.5. The molecule has 0 bridgehead atoms. The Hall–Kier alpha value is -1.82. The SMILES string of the molecule is CCCCCCCCCCC(CCCCCCCC)CN1C(=O)C2=C(c3ccc(-c4ccc(Br)s4)s3)N(CC(CCCCCCCC)CCCCCCCCCC)C(=O)C2=C1c1ccc(-c2ccc(Br)s2)s1. The Morgan fingerprint density at radius 2 is 0.597 bits per heavy atom. The lowest BCUT2D eigenvalue weighted by atomic mass is 9.93. The van der Waals surface area contributed by atoms with Crippen LogP contribution in [0, 0.1) is 11.8 Å². The van der Waals surface area contributed by atoms with Gasteiger partial charge in [0.05, 0.1) is 39.9 Å². The van der Waals surface area contributed by atoms with E-state index in [1.54, 1.807) is 45.3 Å². The zero-order valence-electron chi connectivity index (χ0n) is 44.9. The van der Waals surface area contributed by atoms with Crippen LogP contribution in [0.15, 0.2) is 67.2 Å². The molecule has 0 saturated heterocycles. The first-order valence-electron chi connectivity index (χ1n) is 29.1. The largest absolute Gasteiger partial charge is 0.306 e. The van der Waals surface area contributed by atoms with Gasteiger partial charge in [-0.2, -0.15) is 0 Å². The second-order valence-corrected chi connectivity index (χ2v) is 28.3. The van der Waals surface area contributed by atoms with Crippen molar-refractivity contribution in [3.05, 3.63) is 77.0 Å². The van der Waals surface area contributed by atoms with E-state index in [2.05, 4.69) is 118 Å². The van der Waals surface area contributed by atoms with Gasteiger partial charge in [-0.3, -0.25) is 9.59 Å². The minimum Gasteiger partial charge on any atom is -0.306 e. The molecule has 0 spiro atoms. The summed E-state index contributed by atoms with van der Waals surface area (Å²) in [6.07, 6.45) is 40.6. The zero-order valence-corrected chi connectivity index (χ0v) is 51.4. The van der Waals surface area contributed by atoms with E-state index in [4.69, 9.17) is 0 Å². The summed E-state index contributed by atoms with van der Waals surface area (Å²) in [6.45, 7) is 10.5. The van der Waals surface area contributed by atoms with Crippen LogP contribution in [0.4, 0.5) is 0 Å². The Morgan fingerprint density at radius 1 is 0.347 bits per heavy atom. The fraction of sp³-hybridized carbons (Fsp3) is 0.645. The van der Waals surface area contributed by atoms with Crippen molar-refractivity contribution in [3.8, 4) is 19.5 Å². The number of halogens is 2. The van der Waals surface area contributed by atoms with Crippen LogP contribution in [-0.4, -0.2) is 34.7 Å². The van der Waals surface area contributed by atoms with Crippen LogP contribution in [0.25, 0.3) is 30.9 Å². The molecule has 72 heavy (non-hydrogen) atoms. The Bertz CT molecular complexity index is 2110. The van der Waals surface area contributed by atoms with Crippen molar-refractivity contribution in [1.29, 1.82) is 0 Å². The highest BCUT2D eigenvalue weighted by atomic mass is 79.9. The maximum Gasteiger partial charge on any atom is 0.261 e. The first-order chi connectivity index (χ1) is 35.3. The first kappa shape index (κ1) is 59.4. The molecular weight excluding hydrogens is 1090 g/mol. The lowest BCUT2D eigenvalue weighted by Crippen LogP contribution is -2.34. The highest BCUT2D eigenvalue weighted by Crippen LogP contribution is 2.51. The van der Waals surface area contributed by atoms with Crippen LogP contribution in [-0.2, 0) is 9.59 Å². The zero-order chi connectivity index (χ0) is 50.9. The fourth-order valence-corrected chi connectivity index (χ4v) is 16.2. The van der Waals surface area contributed by atoms with Gasteiger partial charge in [0.2, 0.25) is 0 Å². The van der Waals surface area contributed by atoms with Crippen molar-refractivity contribution < 1.29 is 9.59 Å². The minimum absolute atomic E-state index is 0.0351. The molecule has 0 N–H and O–H groups in total. The molecule has 4 aromatic rings. The van der Waals surface area contributed by atoms with E-state index in [1.165, 1.54) is 199 Å². The summed E-state index contributed by atoms with van der Waals surface area (Å²) in [5, 5.41) is 0. The monoisotopic (exact) mass is 1180 g/mol. The van der Waals surface area contributed by atoms with E-state index in [1.807, 2.05) is 0 Å². The number of amides is 2. The summed E-state index contributed by atoms with van der Waals surface area (Å²) < 4.78 is 2.21. The molecule has 2 aliphatic rings. The predicted octanol–water partition coefficient (Wildman–Crippen LogP) is 22.4. The van der Waals surface area contributed by atoms with Gasteiger partial charge in [0, 0.05) is 32.6 Å². The predicted molar refractivity (Wildman–Crippen MR) is 325 cm³/mol. The van der Waals surface area contributed by atoms with Gasteiger partial charge < -0.3 is 9.80 Å². The summed E-state index contributed by atoms with van der Waals surface area (Å²) in [5.74, 6) is 0.842. The standard InChI is InChI=1S/C62H90Br2N2O2S4/c1-5-9-13-17-21-23-27-31-35-47(33-29-25-19-15-11-7-3)45-65-59(53-39-37-49(69-53)51-41-43-55(63)71-51)57-58(61(65)67)60(54-40-38-50(70-54)52-42-44-56(64)72-52)66(62(57)68)46-48(34-30-26-20-16-12-8-4)36-32-28-24-22-18-14-10-6-2/h37-44,47-48H,5-36,45-46H2,1-4H3. The molecule has 2 aliphatic heterocycles. The molecule has 4 aromatic heterocycles. The van der Waals surface area contributed by atoms with E-state index in [0.29, 0.717) is 36.1 Å². The van der Waals surface area contributed by atoms with Crippen molar-refractivity contribution in [2.45, 2.75) is 233 Å². The third kappa shape index (κ3) is 18.2. The van der Waals surface area contributed by atoms with Crippen molar-refractivity contribution >= 4 is 100 Å². The first-order valence-corrected chi connectivity index (χ1v) is 34.0. The fourth-order valence-electron chi connectivity index (χ4n) is 11.1. The number of nitrogens with zero attached hydrogens (tertiary/aromatic N) is 2. The number of carbonyl (C=O) groups excluding carboxylic acids is 2. The minimum atomic E-state index is 0.0351. The highest BCUT2D eigenvalue weighted by Gasteiger charge is 2.50. The molecule has 2 atom stereocenters. The van der Waals surface area contributed by atoms with Crippen LogP contribution in [0.1, 0.15) is 243 Å². The average molecular weight is 1180 g/mol. The molecule has 2 unspecified atom stereocenters. The smallest absolute Gasteiger partial charge is 0.261 e. The van der Waals surface area contributed by atoms with Gasteiger partial charge in [0.1, 0.15) is 0 Å². The van der Waals surface area contributed by atoms with Crippen LogP contribution in [0.5, 0.6) is 0 Å². The molecule has 4 nitrogen and oxygen atoms in total. The number of rotatable bonds is 40. The van der Waals surface area contributed by atoms with Gasteiger partial charge in [-0.1, -0.05) is 207 Å². The molecule has 6 rings (SSSR count). The number of fused-ring (bicyclic) bond motifs is 1. The summed E-state index contributed by atoms with van der Waals surface area (Å²) in [5.41, 5.74) is 3.04. The van der Waals surface area contributed by atoms with Crippen LogP contribution in [0.2, 0.25) is 0 Å². The van der Waals surface area contributed by atoms with Crippen LogP contribution in [0.3, 0.4) is 0 Å². The van der Waals surface area contributed by atoms with Gasteiger partial charge in [-0.15, -0.1) is 45.3 Å². The summed E-state index contributed by atoms with van der Waals surface area (Å²) in [4.78, 5) is 42.8. The topological polar surface area (TPSA) is 40.6 Å². The number of hydrogen-bond donors (Lipinski definition) is 0. The molecule has 0 fully saturated rings.